The fourth-order valence-electron chi connectivity index (χ4n) is 1.57. The Balaban J connectivity index is 2.01. The van der Waals surface area contributed by atoms with Crippen molar-refractivity contribution >= 4 is 21.6 Å². The predicted molar refractivity (Wildman–Crippen MR) is 71.4 cm³/mol. The maximum atomic E-state index is 12.1. The fraction of sp³-hybridized carbons (Fsp3) is 0.250. The molecule has 4 nitrogen and oxygen atoms in total. The molecule has 0 amide bonds. The zero-order valence-electron chi connectivity index (χ0n) is 10.4. The predicted octanol–water partition coefficient (Wildman–Crippen LogP) is 3.69. The monoisotopic (exact) mass is 349 g/mol. The Morgan fingerprint density at radius 1 is 1.35 bits per heavy atom. The Morgan fingerprint density at radius 2 is 2.10 bits per heavy atom. The quantitative estimate of drug-likeness (QED) is 0.914. The van der Waals surface area contributed by atoms with Crippen molar-refractivity contribution < 1.29 is 17.9 Å². The summed E-state index contributed by atoms with van der Waals surface area (Å²) in [5.74, 6) is -0.277. The zero-order valence-corrected chi connectivity index (χ0v) is 12.0. The molecule has 1 aromatic carbocycles. The van der Waals surface area contributed by atoms with Gasteiger partial charge in [-0.15, -0.1) is 13.2 Å². The fourth-order valence-corrected chi connectivity index (χ4v) is 2.03. The molecule has 0 saturated heterocycles. The van der Waals surface area contributed by atoms with Gasteiger partial charge < -0.3 is 10.1 Å². The van der Waals surface area contributed by atoms with E-state index in [2.05, 4.69) is 31.1 Å². The highest BCUT2D eigenvalue weighted by molar-refractivity contribution is 9.10. The summed E-state index contributed by atoms with van der Waals surface area (Å²) in [6.07, 6.45) is -2.89. The van der Waals surface area contributed by atoms with Crippen LogP contribution in [0.5, 0.6) is 5.75 Å². The summed E-state index contributed by atoms with van der Waals surface area (Å²) in [5, 5.41) is 7.25. The smallest absolute Gasteiger partial charge is 0.405 e. The molecular formula is C12H11BrF3N3O. The van der Waals surface area contributed by atoms with E-state index in [9.17, 15) is 13.2 Å². The molecule has 108 valence electrons. The van der Waals surface area contributed by atoms with Crippen molar-refractivity contribution in [2.24, 2.45) is 7.05 Å². The molecule has 0 spiro atoms. The number of rotatable bonds is 4. The molecule has 0 unspecified atom stereocenters. The summed E-state index contributed by atoms with van der Waals surface area (Å²) < 4.78 is 42.1. The number of benzene rings is 1. The molecule has 0 bridgehead atoms. The van der Waals surface area contributed by atoms with Gasteiger partial charge in [-0.2, -0.15) is 5.10 Å². The first-order chi connectivity index (χ1) is 9.33. The molecule has 2 rings (SSSR count). The van der Waals surface area contributed by atoms with Gasteiger partial charge >= 0.3 is 6.36 Å². The van der Waals surface area contributed by atoms with Crippen LogP contribution in [0.2, 0.25) is 0 Å². The van der Waals surface area contributed by atoms with Crippen molar-refractivity contribution in [2.75, 3.05) is 5.32 Å². The minimum absolute atomic E-state index is 0.223. The van der Waals surface area contributed by atoms with Crippen molar-refractivity contribution in [3.8, 4) is 5.75 Å². The summed E-state index contributed by atoms with van der Waals surface area (Å²) in [6.45, 7) is 0.479. The standard InChI is InChI=1S/C12H11BrF3N3O/c1-19-5-4-9(18-19)7-17-8-2-3-11(10(13)6-8)20-12(14,15)16/h2-6,17H,7H2,1H3. The lowest BCUT2D eigenvalue weighted by Gasteiger charge is -2.12. The second kappa shape index (κ2) is 5.74. The van der Waals surface area contributed by atoms with Crippen LogP contribution in [-0.2, 0) is 13.6 Å². The number of hydrogen-bond acceptors (Lipinski definition) is 3. The zero-order chi connectivity index (χ0) is 14.8. The first kappa shape index (κ1) is 14.7. The van der Waals surface area contributed by atoms with Crippen molar-refractivity contribution in [3.63, 3.8) is 0 Å². The minimum atomic E-state index is -4.70. The Morgan fingerprint density at radius 3 is 2.65 bits per heavy atom. The van der Waals surface area contributed by atoms with Crippen LogP contribution in [-0.4, -0.2) is 16.1 Å². The SMILES string of the molecule is Cn1ccc(CNc2ccc(OC(F)(F)F)c(Br)c2)n1. The van der Waals surface area contributed by atoms with Crippen molar-refractivity contribution in [1.29, 1.82) is 0 Å². The third-order valence-electron chi connectivity index (χ3n) is 2.40. The van der Waals surface area contributed by atoms with Crippen LogP contribution in [0, 0.1) is 0 Å². The van der Waals surface area contributed by atoms with Crippen LogP contribution in [0.25, 0.3) is 0 Å². The summed E-state index contributed by atoms with van der Waals surface area (Å²) in [7, 11) is 1.81. The second-order valence-electron chi connectivity index (χ2n) is 4.03. The maximum absolute atomic E-state index is 12.1. The Hall–Kier alpha value is -1.70. The molecule has 0 saturated carbocycles. The van der Waals surface area contributed by atoms with Crippen molar-refractivity contribution in [1.82, 2.24) is 9.78 Å². The van der Waals surface area contributed by atoms with E-state index in [1.807, 2.05) is 19.3 Å². The number of nitrogens with zero attached hydrogens (tertiary/aromatic N) is 2. The van der Waals surface area contributed by atoms with E-state index in [1.54, 1.807) is 4.68 Å². The molecular weight excluding hydrogens is 339 g/mol. The number of hydrogen-bond donors (Lipinski definition) is 1. The topological polar surface area (TPSA) is 39.1 Å². The van der Waals surface area contributed by atoms with Crippen LogP contribution >= 0.6 is 15.9 Å². The highest BCUT2D eigenvalue weighted by Crippen LogP contribution is 2.32. The van der Waals surface area contributed by atoms with E-state index in [4.69, 9.17) is 0 Å². The van der Waals surface area contributed by atoms with Gasteiger partial charge in [-0.3, -0.25) is 4.68 Å². The van der Waals surface area contributed by atoms with Gasteiger partial charge in [0, 0.05) is 18.9 Å². The Labute approximate surface area is 121 Å². The van der Waals surface area contributed by atoms with E-state index < -0.39 is 6.36 Å². The number of nitrogens with one attached hydrogen (secondary N) is 1. The van der Waals surface area contributed by atoms with E-state index >= 15 is 0 Å². The summed E-state index contributed by atoms with van der Waals surface area (Å²) in [6, 6.07) is 6.13. The molecule has 0 aliphatic heterocycles. The number of aromatic nitrogens is 2. The van der Waals surface area contributed by atoms with Crippen LogP contribution in [0.4, 0.5) is 18.9 Å². The van der Waals surface area contributed by atoms with E-state index in [0.717, 1.165) is 5.69 Å². The van der Waals surface area contributed by atoms with E-state index in [1.165, 1.54) is 18.2 Å². The molecule has 0 aliphatic carbocycles. The molecule has 0 atom stereocenters. The van der Waals surface area contributed by atoms with Crippen LogP contribution in [0.15, 0.2) is 34.9 Å². The lowest BCUT2D eigenvalue weighted by molar-refractivity contribution is -0.274. The molecule has 1 heterocycles. The van der Waals surface area contributed by atoms with Gasteiger partial charge in [0.15, 0.2) is 0 Å². The average molecular weight is 350 g/mol. The van der Waals surface area contributed by atoms with Gasteiger partial charge in [0.1, 0.15) is 5.75 Å². The molecule has 0 radical (unpaired) electrons. The largest absolute Gasteiger partial charge is 0.573 e. The van der Waals surface area contributed by atoms with Gasteiger partial charge in [0.05, 0.1) is 16.7 Å². The molecule has 8 heteroatoms. The molecule has 1 N–H and O–H groups in total. The third kappa shape index (κ3) is 4.16. The lowest BCUT2D eigenvalue weighted by atomic mass is 10.3. The van der Waals surface area contributed by atoms with Gasteiger partial charge in [-0.1, -0.05) is 0 Å². The van der Waals surface area contributed by atoms with Crippen LogP contribution in [0.1, 0.15) is 5.69 Å². The molecule has 0 fully saturated rings. The first-order valence-electron chi connectivity index (χ1n) is 5.61. The number of ether oxygens (including phenoxy) is 1. The van der Waals surface area contributed by atoms with Crippen molar-refractivity contribution in [3.05, 3.63) is 40.6 Å². The van der Waals surface area contributed by atoms with Gasteiger partial charge in [0.25, 0.3) is 0 Å². The van der Waals surface area contributed by atoms with Gasteiger partial charge in [-0.25, -0.2) is 0 Å². The van der Waals surface area contributed by atoms with Gasteiger partial charge in [0.2, 0.25) is 0 Å². The van der Waals surface area contributed by atoms with Gasteiger partial charge in [-0.05, 0) is 40.2 Å². The maximum Gasteiger partial charge on any atom is 0.573 e. The molecule has 20 heavy (non-hydrogen) atoms. The first-order valence-corrected chi connectivity index (χ1v) is 6.40. The molecule has 2 aromatic rings. The van der Waals surface area contributed by atoms with Crippen molar-refractivity contribution in [2.45, 2.75) is 12.9 Å². The average Bonchev–Trinajstić information content (AvgIpc) is 2.74. The number of aryl methyl sites for hydroxylation is 1. The number of alkyl halides is 3. The lowest BCUT2D eigenvalue weighted by Crippen LogP contribution is -2.17. The third-order valence-corrected chi connectivity index (χ3v) is 3.02. The second-order valence-corrected chi connectivity index (χ2v) is 4.88. The van der Waals surface area contributed by atoms with Crippen LogP contribution in [0.3, 0.4) is 0 Å². The summed E-state index contributed by atoms with van der Waals surface area (Å²) in [4.78, 5) is 0. The Bertz CT molecular complexity index is 598. The van der Waals surface area contributed by atoms with E-state index in [0.29, 0.717) is 12.2 Å². The molecule has 0 aliphatic rings. The number of halogens is 4. The minimum Gasteiger partial charge on any atom is -0.405 e. The molecule has 1 aromatic heterocycles. The highest BCUT2D eigenvalue weighted by atomic mass is 79.9. The normalized spacial score (nSPS) is 11.4. The summed E-state index contributed by atoms with van der Waals surface area (Å²) >= 11 is 3.05. The Kier molecular flexibility index (Phi) is 4.22. The van der Waals surface area contributed by atoms with E-state index in [-0.39, 0.29) is 10.2 Å². The highest BCUT2D eigenvalue weighted by Gasteiger charge is 2.31. The number of anilines is 1. The van der Waals surface area contributed by atoms with Crippen LogP contribution < -0.4 is 10.1 Å². The summed E-state index contributed by atoms with van der Waals surface area (Å²) in [5.41, 5.74) is 1.50.